The standard InChI is InChI=1S/C25H20ClN5O2S2/c1-16-4-6-17(7-5-16)13-20-14-27-24(35-20)28-22(32)15-34-25-30-29-23(21-3-2-12-33-21)31(25)19-10-8-18(26)9-11-19/h2-12,14H,13,15H2,1H3,(H,27,28,32). The SMILES string of the molecule is Cc1ccc(Cc2cnc(NC(=O)CSc3nnc(-c4ccco4)n3-c3ccc(Cl)cc3)s2)cc1. The number of carbonyl (C=O) groups excluding carboxylic acids is 1. The van der Waals surface area contributed by atoms with E-state index in [1.807, 2.05) is 22.8 Å². The molecule has 3 heterocycles. The normalized spacial score (nSPS) is 11.0. The van der Waals surface area contributed by atoms with E-state index in [1.54, 1.807) is 30.7 Å². The van der Waals surface area contributed by atoms with Crippen molar-refractivity contribution in [3.8, 4) is 17.3 Å². The van der Waals surface area contributed by atoms with Crippen LogP contribution in [0.25, 0.3) is 17.3 Å². The van der Waals surface area contributed by atoms with Gasteiger partial charge in [-0.05, 0) is 48.9 Å². The van der Waals surface area contributed by atoms with Gasteiger partial charge in [-0.2, -0.15) is 0 Å². The Morgan fingerprint density at radius 2 is 1.91 bits per heavy atom. The minimum absolute atomic E-state index is 0.150. The van der Waals surface area contributed by atoms with E-state index in [9.17, 15) is 4.79 Å². The molecule has 0 saturated carbocycles. The lowest BCUT2D eigenvalue weighted by molar-refractivity contribution is -0.113. The third-order valence-electron chi connectivity index (χ3n) is 5.09. The molecule has 0 saturated heterocycles. The van der Waals surface area contributed by atoms with E-state index in [1.165, 1.54) is 34.2 Å². The molecule has 176 valence electrons. The molecule has 0 spiro atoms. The number of hydrogen-bond donors (Lipinski definition) is 1. The van der Waals surface area contributed by atoms with Crippen molar-refractivity contribution in [2.75, 3.05) is 11.1 Å². The second kappa shape index (κ2) is 10.5. The predicted octanol–water partition coefficient (Wildman–Crippen LogP) is 6.27. The van der Waals surface area contributed by atoms with Crippen molar-refractivity contribution in [2.45, 2.75) is 18.5 Å². The molecule has 3 aromatic heterocycles. The highest BCUT2D eigenvalue weighted by Crippen LogP contribution is 2.29. The first-order chi connectivity index (χ1) is 17.0. The quantitative estimate of drug-likeness (QED) is 0.242. The van der Waals surface area contributed by atoms with Crippen LogP contribution in [-0.2, 0) is 11.2 Å². The summed E-state index contributed by atoms with van der Waals surface area (Å²) in [6, 6.07) is 19.3. The van der Waals surface area contributed by atoms with Crippen LogP contribution in [0.2, 0.25) is 5.02 Å². The molecule has 0 radical (unpaired) electrons. The number of hydrogen-bond acceptors (Lipinski definition) is 7. The molecule has 1 N–H and O–H groups in total. The zero-order valence-corrected chi connectivity index (χ0v) is 21.0. The first-order valence-electron chi connectivity index (χ1n) is 10.7. The van der Waals surface area contributed by atoms with Crippen molar-refractivity contribution in [3.63, 3.8) is 0 Å². The van der Waals surface area contributed by atoms with Crippen LogP contribution in [0.1, 0.15) is 16.0 Å². The van der Waals surface area contributed by atoms with Crippen LogP contribution in [0.4, 0.5) is 5.13 Å². The van der Waals surface area contributed by atoms with Crippen LogP contribution in [0.15, 0.2) is 82.7 Å². The molecule has 35 heavy (non-hydrogen) atoms. The summed E-state index contributed by atoms with van der Waals surface area (Å²) in [5, 5.41) is 13.2. The fourth-order valence-corrected chi connectivity index (χ4v) is 5.13. The van der Waals surface area contributed by atoms with Gasteiger partial charge in [-0.3, -0.25) is 9.36 Å². The highest BCUT2D eigenvalue weighted by atomic mass is 35.5. The van der Waals surface area contributed by atoms with Crippen LogP contribution in [-0.4, -0.2) is 31.4 Å². The molecule has 0 aliphatic heterocycles. The van der Waals surface area contributed by atoms with Crippen molar-refractivity contribution in [1.29, 1.82) is 0 Å². The van der Waals surface area contributed by atoms with E-state index < -0.39 is 0 Å². The summed E-state index contributed by atoms with van der Waals surface area (Å²) in [4.78, 5) is 18.1. The number of rotatable bonds is 8. The number of benzene rings is 2. The van der Waals surface area contributed by atoms with Crippen LogP contribution in [0.5, 0.6) is 0 Å². The Bertz CT molecular complexity index is 1430. The van der Waals surface area contributed by atoms with Crippen molar-refractivity contribution in [2.24, 2.45) is 0 Å². The molecular formula is C25H20ClN5O2S2. The first-order valence-corrected chi connectivity index (χ1v) is 12.9. The van der Waals surface area contributed by atoms with E-state index in [0.29, 0.717) is 26.9 Å². The summed E-state index contributed by atoms with van der Waals surface area (Å²) < 4.78 is 7.37. The molecule has 2 aromatic carbocycles. The minimum atomic E-state index is -0.170. The van der Waals surface area contributed by atoms with Crippen LogP contribution in [0.3, 0.4) is 0 Å². The predicted molar refractivity (Wildman–Crippen MR) is 140 cm³/mol. The Labute approximate surface area is 215 Å². The Morgan fingerprint density at radius 3 is 2.66 bits per heavy atom. The third-order valence-corrected chi connectivity index (χ3v) is 7.18. The molecule has 0 unspecified atom stereocenters. The smallest absolute Gasteiger partial charge is 0.236 e. The number of thioether (sulfide) groups is 1. The van der Waals surface area contributed by atoms with Crippen molar-refractivity contribution < 1.29 is 9.21 Å². The van der Waals surface area contributed by atoms with Crippen molar-refractivity contribution in [1.82, 2.24) is 19.7 Å². The number of amides is 1. The van der Waals surface area contributed by atoms with Crippen LogP contribution in [0, 0.1) is 6.92 Å². The topological polar surface area (TPSA) is 85.8 Å². The highest BCUT2D eigenvalue weighted by Gasteiger charge is 2.19. The molecule has 0 atom stereocenters. The summed E-state index contributed by atoms with van der Waals surface area (Å²) in [6.45, 7) is 2.07. The average Bonchev–Trinajstić information content (AvgIpc) is 3.61. The number of aromatic nitrogens is 4. The number of furan rings is 1. The lowest BCUT2D eigenvalue weighted by Gasteiger charge is -2.09. The third kappa shape index (κ3) is 5.64. The van der Waals surface area contributed by atoms with E-state index >= 15 is 0 Å². The number of nitrogens with one attached hydrogen (secondary N) is 1. The average molecular weight is 522 g/mol. The number of aryl methyl sites for hydroxylation is 1. The van der Waals surface area contributed by atoms with Gasteiger partial charge < -0.3 is 9.73 Å². The van der Waals surface area contributed by atoms with Gasteiger partial charge >= 0.3 is 0 Å². The summed E-state index contributed by atoms with van der Waals surface area (Å²) in [6.07, 6.45) is 4.17. The van der Waals surface area contributed by atoms with Gasteiger partial charge in [0.1, 0.15) is 0 Å². The van der Waals surface area contributed by atoms with Crippen molar-refractivity contribution >= 4 is 45.7 Å². The van der Waals surface area contributed by atoms with E-state index in [4.69, 9.17) is 16.0 Å². The number of carbonyl (C=O) groups is 1. The monoisotopic (exact) mass is 521 g/mol. The Morgan fingerprint density at radius 1 is 1.11 bits per heavy atom. The molecule has 0 aliphatic carbocycles. The largest absolute Gasteiger partial charge is 0.461 e. The first kappa shape index (κ1) is 23.3. The minimum Gasteiger partial charge on any atom is -0.461 e. The zero-order valence-electron chi connectivity index (χ0n) is 18.6. The molecule has 5 aromatic rings. The number of nitrogens with zero attached hydrogens (tertiary/aromatic N) is 4. The molecule has 0 bridgehead atoms. The molecule has 5 rings (SSSR count). The summed E-state index contributed by atoms with van der Waals surface area (Å²) in [5.74, 6) is 1.10. The van der Waals surface area contributed by atoms with E-state index in [-0.39, 0.29) is 11.7 Å². The van der Waals surface area contributed by atoms with Gasteiger partial charge in [-0.25, -0.2) is 4.98 Å². The second-order valence-electron chi connectivity index (χ2n) is 7.73. The summed E-state index contributed by atoms with van der Waals surface area (Å²) in [7, 11) is 0. The fraction of sp³-hybridized carbons (Fsp3) is 0.120. The van der Waals surface area contributed by atoms with E-state index in [0.717, 1.165) is 17.0 Å². The zero-order chi connectivity index (χ0) is 24.2. The number of halogens is 1. The number of thiazole rings is 1. The molecule has 10 heteroatoms. The maximum atomic E-state index is 12.7. The highest BCUT2D eigenvalue weighted by molar-refractivity contribution is 7.99. The maximum Gasteiger partial charge on any atom is 0.236 e. The van der Waals surface area contributed by atoms with Gasteiger partial charge in [0, 0.05) is 28.2 Å². The fourth-order valence-electron chi connectivity index (χ4n) is 3.39. The van der Waals surface area contributed by atoms with Gasteiger partial charge in [0.2, 0.25) is 11.7 Å². The molecule has 7 nitrogen and oxygen atoms in total. The van der Waals surface area contributed by atoms with Gasteiger partial charge in [0.15, 0.2) is 16.0 Å². The van der Waals surface area contributed by atoms with Crippen LogP contribution < -0.4 is 5.32 Å². The molecular weight excluding hydrogens is 502 g/mol. The molecule has 1 amide bonds. The number of anilines is 1. The Balaban J connectivity index is 1.27. The van der Waals surface area contributed by atoms with Gasteiger partial charge in [0.25, 0.3) is 0 Å². The van der Waals surface area contributed by atoms with Gasteiger partial charge in [-0.15, -0.1) is 21.5 Å². The van der Waals surface area contributed by atoms with Crippen LogP contribution >= 0.6 is 34.7 Å². The maximum absolute atomic E-state index is 12.7. The Hall–Kier alpha value is -3.40. The molecule has 0 fully saturated rings. The summed E-state index contributed by atoms with van der Waals surface area (Å²) in [5.41, 5.74) is 3.25. The van der Waals surface area contributed by atoms with E-state index in [2.05, 4.69) is 51.7 Å². The summed E-state index contributed by atoms with van der Waals surface area (Å²) >= 11 is 8.82. The molecule has 0 aliphatic rings. The van der Waals surface area contributed by atoms with Crippen molar-refractivity contribution in [3.05, 3.63) is 94.2 Å². The lowest BCUT2D eigenvalue weighted by atomic mass is 10.1. The second-order valence-corrected chi connectivity index (χ2v) is 10.2. The van der Waals surface area contributed by atoms with Gasteiger partial charge in [0.05, 0.1) is 12.0 Å². The van der Waals surface area contributed by atoms with Gasteiger partial charge in [-0.1, -0.05) is 53.2 Å². The lowest BCUT2D eigenvalue weighted by Crippen LogP contribution is -2.14. The Kier molecular flexibility index (Phi) is 6.98.